The summed E-state index contributed by atoms with van der Waals surface area (Å²) >= 11 is 0. The molecule has 0 aliphatic heterocycles. The SMILES string of the molecule is COC(=O)c1ccc(/C=C(/C(=O)Nc2ccccc2OC)C2CCCCC2)cc1. The number of para-hydroxylation sites is 2. The number of ether oxygens (including phenoxy) is 2. The van der Waals surface area contributed by atoms with Crippen LogP contribution < -0.4 is 10.1 Å². The Labute approximate surface area is 171 Å². The Bertz CT molecular complexity index is 880. The van der Waals surface area contributed by atoms with Gasteiger partial charge < -0.3 is 14.8 Å². The Morgan fingerprint density at radius 2 is 1.66 bits per heavy atom. The highest BCUT2D eigenvalue weighted by Crippen LogP contribution is 2.32. The van der Waals surface area contributed by atoms with E-state index in [1.807, 2.05) is 42.5 Å². The number of nitrogens with one attached hydrogen (secondary N) is 1. The van der Waals surface area contributed by atoms with Gasteiger partial charge in [-0.25, -0.2) is 4.79 Å². The van der Waals surface area contributed by atoms with E-state index in [4.69, 9.17) is 9.47 Å². The monoisotopic (exact) mass is 393 g/mol. The fourth-order valence-electron chi connectivity index (χ4n) is 3.74. The maximum absolute atomic E-state index is 13.2. The number of amides is 1. The number of rotatable bonds is 6. The Hall–Kier alpha value is -3.08. The molecule has 1 fully saturated rings. The molecule has 152 valence electrons. The van der Waals surface area contributed by atoms with Gasteiger partial charge in [-0.15, -0.1) is 0 Å². The summed E-state index contributed by atoms with van der Waals surface area (Å²) in [6.07, 6.45) is 7.42. The van der Waals surface area contributed by atoms with E-state index in [1.165, 1.54) is 13.5 Å². The number of hydrogen-bond donors (Lipinski definition) is 1. The first-order valence-corrected chi connectivity index (χ1v) is 9.96. The van der Waals surface area contributed by atoms with Crippen LogP contribution in [0.3, 0.4) is 0 Å². The predicted octanol–water partition coefficient (Wildman–Crippen LogP) is 5.08. The Balaban J connectivity index is 1.88. The zero-order chi connectivity index (χ0) is 20.6. The Kier molecular flexibility index (Phi) is 7.06. The van der Waals surface area contributed by atoms with Gasteiger partial charge in [0.05, 0.1) is 25.5 Å². The van der Waals surface area contributed by atoms with Crippen LogP contribution in [0.15, 0.2) is 54.1 Å². The summed E-state index contributed by atoms with van der Waals surface area (Å²) in [5, 5.41) is 3.01. The minimum Gasteiger partial charge on any atom is -0.495 e. The van der Waals surface area contributed by atoms with Crippen molar-refractivity contribution in [3.63, 3.8) is 0 Å². The van der Waals surface area contributed by atoms with E-state index in [1.54, 1.807) is 19.2 Å². The van der Waals surface area contributed by atoms with Crippen LogP contribution in [-0.2, 0) is 9.53 Å². The van der Waals surface area contributed by atoms with Crippen molar-refractivity contribution in [1.82, 2.24) is 0 Å². The molecule has 0 heterocycles. The second-order valence-corrected chi connectivity index (χ2v) is 7.20. The van der Waals surface area contributed by atoms with Crippen LogP contribution in [0.1, 0.15) is 48.0 Å². The summed E-state index contributed by atoms with van der Waals surface area (Å²) in [5.41, 5.74) is 2.79. The van der Waals surface area contributed by atoms with Gasteiger partial charge in [0.25, 0.3) is 5.91 Å². The van der Waals surface area contributed by atoms with Crippen molar-refractivity contribution in [1.29, 1.82) is 0 Å². The molecular formula is C24H27NO4. The van der Waals surface area contributed by atoms with Crippen LogP contribution in [0.4, 0.5) is 5.69 Å². The Morgan fingerprint density at radius 1 is 0.966 bits per heavy atom. The van der Waals surface area contributed by atoms with Gasteiger partial charge in [-0.05, 0) is 54.7 Å². The van der Waals surface area contributed by atoms with E-state index in [2.05, 4.69) is 5.32 Å². The van der Waals surface area contributed by atoms with Crippen LogP contribution in [0.5, 0.6) is 5.75 Å². The van der Waals surface area contributed by atoms with Crippen LogP contribution in [0.25, 0.3) is 6.08 Å². The van der Waals surface area contributed by atoms with Crippen LogP contribution >= 0.6 is 0 Å². The second kappa shape index (κ2) is 9.92. The molecule has 0 bridgehead atoms. The summed E-state index contributed by atoms with van der Waals surface area (Å²) < 4.78 is 10.1. The lowest BCUT2D eigenvalue weighted by atomic mass is 9.82. The summed E-state index contributed by atoms with van der Waals surface area (Å²) in [5.74, 6) is 0.366. The van der Waals surface area contributed by atoms with E-state index in [0.29, 0.717) is 17.0 Å². The molecule has 3 rings (SSSR count). The molecule has 1 aliphatic rings. The largest absolute Gasteiger partial charge is 0.495 e. The number of esters is 1. The van der Waals surface area contributed by atoms with E-state index in [9.17, 15) is 9.59 Å². The minimum atomic E-state index is -0.373. The quantitative estimate of drug-likeness (QED) is 0.549. The van der Waals surface area contributed by atoms with Gasteiger partial charge in [0.2, 0.25) is 0 Å². The highest BCUT2D eigenvalue weighted by atomic mass is 16.5. The van der Waals surface area contributed by atoms with Crippen LogP contribution in [-0.4, -0.2) is 26.1 Å². The lowest BCUT2D eigenvalue weighted by Gasteiger charge is -2.24. The van der Waals surface area contributed by atoms with Gasteiger partial charge in [0.15, 0.2) is 0 Å². The smallest absolute Gasteiger partial charge is 0.337 e. The fourth-order valence-corrected chi connectivity index (χ4v) is 3.74. The van der Waals surface area contributed by atoms with Crippen molar-refractivity contribution < 1.29 is 19.1 Å². The lowest BCUT2D eigenvalue weighted by molar-refractivity contribution is -0.113. The summed E-state index contributed by atoms with van der Waals surface area (Å²) in [6.45, 7) is 0. The number of methoxy groups -OCH3 is 2. The first-order chi connectivity index (χ1) is 14.1. The molecule has 0 spiro atoms. The molecule has 0 aromatic heterocycles. The number of carbonyl (C=O) groups excluding carboxylic acids is 2. The number of hydrogen-bond acceptors (Lipinski definition) is 4. The van der Waals surface area contributed by atoms with Crippen molar-refractivity contribution in [3.05, 3.63) is 65.2 Å². The molecule has 0 atom stereocenters. The summed E-state index contributed by atoms with van der Waals surface area (Å²) in [6, 6.07) is 14.5. The highest BCUT2D eigenvalue weighted by molar-refractivity contribution is 6.07. The number of anilines is 1. The van der Waals surface area contributed by atoms with Crippen molar-refractivity contribution in [2.75, 3.05) is 19.5 Å². The van der Waals surface area contributed by atoms with Crippen molar-refractivity contribution in [2.45, 2.75) is 32.1 Å². The van der Waals surface area contributed by atoms with Crippen LogP contribution in [0.2, 0.25) is 0 Å². The molecule has 29 heavy (non-hydrogen) atoms. The second-order valence-electron chi connectivity index (χ2n) is 7.20. The highest BCUT2D eigenvalue weighted by Gasteiger charge is 2.24. The van der Waals surface area contributed by atoms with Gasteiger partial charge in [-0.2, -0.15) is 0 Å². The molecule has 2 aromatic carbocycles. The molecule has 1 saturated carbocycles. The zero-order valence-electron chi connectivity index (χ0n) is 16.9. The van der Waals surface area contributed by atoms with E-state index in [0.717, 1.165) is 36.8 Å². The first-order valence-electron chi connectivity index (χ1n) is 9.96. The fraction of sp³-hybridized carbons (Fsp3) is 0.333. The first kappa shape index (κ1) is 20.6. The van der Waals surface area contributed by atoms with E-state index >= 15 is 0 Å². The third-order valence-corrected chi connectivity index (χ3v) is 5.32. The van der Waals surface area contributed by atoms with Gasteiger partial charge >= 0.3 is 5.97 Å². The van der Waals surface area contributed by atoms with Crippen molar-refractivity contribution in [2.24, 2.45) is 5.92 Å². The Morgan fingerprint density at radius 3 is 2.31 bits per heavy atom. The molecule has 1 aliphatic carbocycles. The van der Waals surface area contributed by atoms with Crippen LogP contribution in [0, 0.1) is 5.92 Å². The molecule has 5 heteroatoms. The maximum Gasteiger partial charge on any atom is 0.337 e. The summed E-state index contributed by atoms with van der Waals surface area (Å²) in [7, 11) is 2.95. The third kappa shape index (κ3) is 5.25. The maximum atomic E-state index is 13.2. The molecule has 0 radical (unpaired) electrons. The standard InChI is InChI=1S/C24H27NO4/c1-28-22-11-7-6-10-21(22)25-23(26)20(18-8-4-3-5-9-18)16-17-12-14-19(15-13-17)24(27)29-2/h6-7,10-16,18H,3-5,8-9H2,1-2H3,(H,25,26)/b20-16+. The zero-order valence-corrected chi connectivity index (χ0v) is 16.9. The molecular weight excluding hydrogens is 366 g/mol. The normalized spacial score (nSPS) is 14.9. The molecule has 2 aromatic rings. The molecule has 0 saturated heterocycles. The molecule has 1 amide bonds. The minimum absolute atomic E-state index is 0.113. The predicted molar refractivity (Wildman–Crippen MR) is 114 cm³/mol. The topological polar surface area (TPSA) is 64.6 Å². The molecule has 5 nitrogen and oxygen atoms in total. The van der Waals surface area contributed by atoms with Gasteiger partial charge in [0.1, 0.15) is 5.75 Å². The van der Waals surface area contributed by atoms with E-state index in [-0.39, 0.29) is 17.8 Å². The van der Waals surface area contributed by atoms with E-state index < -0.39 is 0 Å². The summed E-state index contributed by atoms with van der Waals surface area (Å²) in [4.78, 5) is 24.8. The average molecular weight is 393 g/mol. The number of benzene rings is 2. The molecule has 0 unspecified atom stereocenters. The third-order valence-electron chi connectivity index (χ3n) is 5.32. The van der Waals surface area contributed by atoms with Crippen molar-refractivity contribution in [3.8, 4) is 5.75 Å². The lowest BCUT2D eigenvalue weighted by Crippen LogP contribution is -2.22. The van der Waals surface area contributed by atoms with Gasteiger partial charge in [-0.1, -0.05) is 43.5 Å². The number of carbonyl (C=O) groups is 2. The van der Waals surface area contributed by atoms with Gasteiger partial charge in [0, 0.05) is 5.57 Å². The van der Waals surface area contributed by atoms with Gasteiger partial charge in [-0.3, -0.25) is 4.79 Å². The van der Waals surface area contributed by atoms with Crippen molar-refractivity contribution >= 4 is 23.6 Å². The average Bonchev–Trinajstić information content (AvgIpc) is 2.78. The molecule has 1 N–H and O–H groups in total.